The summed E-state index contributed by atoms with van der Waals surface area (Å²) >= 11 is 0. The number of piperidine rings is 1. The van der Waals surface area contributed by atoms with Crippen LogP contribution < -0.4 is 19.9 Å². The van der Waals surface area contributed by atoms with Crippen LogP contribution >= 0.6 is 0 Å². The molecule has 1 N–H and O–H groups in total. The number of fused-ring (bicyclic) bond motifs is 1. The van der Waals surface area contributed by atoms with Gasteiger partial charge in [-0.2, -0.15) is 0 Å². The largest absolute Gasteiger partial charge is 0.486 e. The summed E-state index contributed by atoms with van der Waals surface area (Å²) in [6.07, 6.45) is 4.10. The third kappa shape index (κ3) is 5.32. The van der Waals surface area contributed by atoms with Gasteiger partial charge in [0.15, 0.2) is 11.6 Å². The highest BCUT2D eigenvalue weighted by Gasteiger charge is 2.26. The maximum Gasteiger partial charge on any atom is 0.178 e. The number of hydrogen-bond acceptors (Lipinski definition) is 7. The van der Waals surface area contributed by atoms with E-state index in [0.717, 1.165) is 31.6 Å². The molecule has 0 amide bonds. The summed E-state index contributed by atoms with van der Waals surface area (Å²) in [5.74, 6) is 0.187. The number of pyridine rings is 2. The number of ether oxygens (including phenoxy) is 1. The van der Waals surface area contributed by atoms with Crippen LogP contribution in [0.5, 0.6) is 5.75 Å². The molecule has 2 aliphatic rings. The first kappa shape index (κ1) is 25.2. The van der Waals surface area contributed by atoms with Gasteiger partial charge in [-0.05, 0) is 77.2 Å². The van der Waals surface area contributed by atoms with Crippen molar-refractivity contribution in [2.75, 3.05) is 55.5 Å². The molecule has 7 nitrogen and oxygen atoms in total. The Hall–Kier alpha value is -3.46. The van der Waals surface area contributed by atoms with Crippen LogP contribution in [0.25, 0.3) is 11.3 Å². The zero-order valence-corrected chi connectivity index (χ0v) is 21.8. The Morgan fingerprint density at radius 2 is 1.76 bits per heavy atom. The number of nitrogens with zero attached hydrogens (tertiary/aromatic N) is 5. The summed E-state index contributed by atoms with van der Waals surface area (Å²) in [4.78, 5) is 15.7. The fraction of sp³-hybridized carbons (Fsp3) is 0.429. The van der Waals surface area contributed by atoms with Crippen LogP contribution in [-0.2, 0) is 0 Å². The van der Waals surface area contributed by atoms with Gasteiger partial charge >= 0.3 is 0 Å². The molecule has 3 aromatic rings. The second-order valence-corrected chi connectivity index (χ2v) is 10.2. The number of hydrogen-bond donors (Lipinski definition) is 1. The van der Waals surface area contributed by atoms with Crippen LogP contribution in [0.4, 0.5) is 31.8 Å². The Morgan fingerprint density at radius 3 is 2.43 bits per heavy atom. The van der Waals surface area contributed by atoms with E-state index in [9.17, 15) is 8.78 Å². The van der Waals surface area contributed by atoms with Crippen LogP contribution in [0.15, 0.2) is 42.6 Å². The zero-order chi connectivity index (χ0) is 26.1. The van der Waals surface area contributed by atoms with Gasteiger partial charge in [-0.3, -0.25) is 0 Å². The average molecular weight is 509 g/mol. The lowest BCUT2D eigenvalue weighted by atomic mass is 10.0. The number of rotatable bonds is 6. The van der Waals surface area contributed by atoms with Crippen molar-refractivity contribution >= 4 is 23.0 Å². The molecule has 0 aliphatic carbocycles. The molecule has 1 saturated heterocycles. The Balaban J connectivity index is 1.35. The Bertz CT molecular complexity index is 1240. The first-order chi connectivity index (χ1) is 17.8. The molecule has 2 aliphatic heterocycles. The third-order valence-electron chi connectivity index (χ3n) is 7.22. The van der Waals surface area contributed by atoms with Crippen molar-refractivity contribution < 1.29 is 13.5 Å². The van der Waals surface area contributed by atoms with E-state index in [0.29, 0.717) is 42.1 Å². The Labute approximate surface area is 217 Å². The molecule has 0 bridgehead atoms. The molecule has 0 atom stereocenters. The minimum atomic E-state index is -0.526. The molecule has 4 heterocycles. The highest BCUT2D eigenvalue weighted by Crippen LogP contribution is 2.39. The minimum Gasteiger partial charge on any atom is -0.486 e. The van der Waals surface area contributed by atoms with Gasteiger partial charge in [-0.1, -0.05) is 0 Å². The van der Waals surface area contributed by atoms with Crippen LogP contribution in [0.1, 0.15) is 26.7 Å². The molecule has 0 radical (unpaired) electrons. The van der Waals surface area contributed by atoms with E-state index in [-0.39, 0.29) is 17.5 Å². The highest BCUT2D eigenvalue weighted by molar-refractivity contribution is 5.73. The topological polar surface area (TPSA) is 56.8 Å². The van der Waals surface area contributed by atoms with Crippen molar-refractivity contribution in [2.24, 2.45) is 0 Å². The predicted molar refractivity (Wildman–Crippen MR) is 144 cm³/mol. The SMILES string of the molecule is CC(C)N1CCOc2c(F)cc(-c3nc(Nc4ccc(N5CCC(N(C)C)CC5)cn4)ccc3F)cc21. The Morgan fingerprint density at radius 1 is 1.00 bits per heavy atom. The van der Waals surface area contributed by atoms with Crippen molar-refractivity contribution in [3.8, 4) is 17.0 Å². The fourth-order valence-electron chi connectivity index (χ4n) is 5.11. The van der Waals surface area contributed by atoms with E-state index in [1.54, 1.807) is 12.1 Å². The molecular formula is C28H34F2N6O. The average Bonchev–Trinajstić information content (AvgIpc) is 2.90. The molecule has 5 rings (SSSR count). The van der Waals surface area contributed by atoms with Gasteiger partial charge in [0.05, 0.1) is 24.1 Å². The van der Waals surface area contributed by atoms with Crippen molar-refractivity contribution in [3.05, 3.63) is 54.2 Å². The molecule has 0 unspecified atom stereocenters. The molecule has 1 fully saturated rings. The summed E-state index contributed by atoms with van der Waals surface area (Å²) in [6, 6.07) is 10.6. The smallest absolute Gasteiger partial charge is 0.178 e. The summed E-state index contributed by atoms with van der Waals surface area (Å²) in [5, 5.41) is 3.15. The van der Waals surface area contributed by atoms with Gasteiger partial charge in [-0.25, -0.2) is 18.7 Å². The number of aromatic nitrogens is 2. The molecule has 9 heteroatoms. The summed E-state index contributed by atoms with van der Waals surface area (Å²) in [5.41, 5.74) is 2.12. The van der Waals surface area contributed by atoms with E-state index in [1.165, 1.54) is 12.1 Å². The number of nitrogens with one attached hydrogen (secondary N) is 1. The standard InChI is InChI=1S/C28H34F2N6O/c1-18(2)36-13-14-37-28-23(30)15-19(16-24(28)36)27-22(29)6-8-26(33-27)32-25-7-5-21(17-31-25)35-11-9-20(10-12-35)34(3)4/h5-8,15-18,20H,9-14H2,1-4H3,(H,31,32,33). The maximum atomic E-state index is 15.0. The molecule has 0 spiro atoms. The van der Waals surface area contributed by atoms with Crippen molar-refractivity contribution in [1.82, 2.24) is 14.9 Å². The normalized spacial score (nSPS) is 16.2. The van der Waals surface area contributed by atoms with Crippen molar-refractivity contribution in [2.45, 2.75) is 38.8 Å². The fourth-order valence-corrected chi connectivity index (χ4v) is 5.11. The second kappa shape index (κ2) is 10.5. The third-order valence-corrected chi connectivity index (χ3v) is 7.22. The van der Waals surface area contributed by atoms with E-state index < -0.39 is 11.6 Å². The minimum absolute atomic E-state index is 0.0707. The lowest BCUT2D eigenvalue weighted by molar-refractivity contribution is 0.249. The number of benzene rings is 1. The maximum absolute atomic E-state index is 15.0. The first-order valence-electron chi connectivity index (χ1n) is 12.8. The molecule has 37 heavy (non-hydrogen) atoms. The van der Waals surface area contributed by atoms with Gasteiger partial charge in [-0.15, -0.1) is 0 Å². The quantitative estimate of drug-likeness (QED) is 0.485. The monoisotopic (exact) mass is 508 g/mol. The zero-order valence-electron chi connectivity index (χ0n) is 21.8. The second-order valence-electron chi connectivity index (χ2n) is 10.2. The van der Waals surface area contributed by atoms with Crippen molar-refractivity contribution in [3.63, 3.8) is 0 Å². The lowest BCUT2D eigenvalue weighted by Gasteiger charge is -2.36. The summed E-state index contributed by atoms with van der Waals surface area (Å²) in [7, 11) is 4.27. The van der Waals surface area contributed by atoms with E-state index in [1.807, 2.05) is 32.2 Å². The van der Waals surface area contributed by atoms with Crippen molar-refractivity contribution in [1.29, 1.82) is 0 Å². The van der Waals surface area contributed by atoms with Gasteiger partial charge in [0.2, 0.25) is 0 Å². The summed E-state index contributed by atoms with van der Waals surface area (Å²) < 4.78 is 35.4. The van der Waals surface area contributed by atoms with Gasteiger partial charge in [0, 0.05) is 30.7 Å². The van der Waals surface area contributed by atoms with Gasteiger partial charge < -0.3 is 24.8 Å². The first-order valence-corrected chi connectivity index (χ1v) is 12.8. The van der Waals surface area contributed by atoms with E-state index >= 15 is 0 Å². The van der Waals surface area contributed by atoms with Crippen LogP contribution in [0.3, 0.4) is 0 Å². The predicted octanol–water partition coefficient (Wildman–Crippen LogP) is 5.30. The van der Waals surface area contributed by atoms with Gasteiger partial charge in [0.1, 0.15) is 29.8 Å². The van der Waals surface area contributed by atoms with Crippen LogP contribution in [0, 0.1) is 11.6 Å². The molecule has 2 aromatic heterocycles. The lowest BCUT2D eigenvalue weighted by Crippen LogP contribution is -2.42. The van der Waals surface area contributed by atoms with Crippen LogP contribution in [-0.4, -0.2) is 67.3 Å². The van der Waals surface area contributed by atoms with Gasteiger partial charge in [0.25, 0.3) is 0 Å². The Kier molecular flexibility index (Phi) is 7.15. The molecule has 1 aromatic carbocycles. The highest BCUT2D eigenvalue weighted by atomic mass is 19.1. The van der Waals surface area contributed by atoms with E-state index in [4.69, 9.17) is 4.74 Å². The van der Waals surface area contributed by atoms with E-state index in [2.05, 4.69) is 44.1 Å². The molecular weight excluding hydrogens is 474 g/mol. The number of anilines is 4. The van der Waals surface area contributed by atoms with Crippen LogP contribution in [0.2, 0.25) is 0 Å². The molecule has 196 valence electrons. The molecule has 0 saturated carbocycles. The number of halogens is 2. The summed E-state index contributed by atoms with van der Waals surface area (Å²) in [6.45, 7) is 7.11.